The molecule has 6 heteroatoms. The maximum atomic E-state index is 12.4. The van der Waals surface area contributed by atoms with Crippen molar-refractivity contribution in [3.8, 4) is 0 Å². The van der Waals surface area contributed by atoms with Crippen LogP contribution >= 0.6 is 23.6 Å². The molecule has 1 aliphatic carbocycles. The van der Waals surface area contributed by atoms with Crippen LogP contribution in [0.1, 0.15) is 52.4 Å². The number of amides is 1. The molecule has 0 saturated carbocycles. The van der Waals surface area contributed by atoms with Crippen LogP contribution in [0, 0.1) is 5.92 Å². The molecule has 1 amide bonds. The summed E-state index contributed by atoms with van der Waals surface area (Å²) in [5, 5.41) is 3.47. The lowest BCUT2D eigenvalue weighted by Crippen LogP contribution is -2.43. The summed E-state index contributed by atoms with van der Waals surface area (Å²) in [7, 11) is 0. The summed E-state index contributed by atoms with van der Waals surface area (Å²) in [6.45, 7) is 4.35. The molecule has 0 fully saturated rings. The highest BCUT2D eigenvalue weighted by Gasteiger charge is 2.22. The molecule has 0 bridgehead atoms. The first-order chi connectivity index (χ1) is 12.6. The number of hydrazine groups is 1. The molecule has 0 aliphatic heterocycles. The Balaban J connectivity index is 1.54. The zero-order chi connectivity index (χ0) is 18.5. The molecule has 0 saturated heterocycles. The van der Waals surface area contributed by atoms with Gasteiger partial charge in [0.1, 0.15) is 0 Å². The van der Waals surface area contributed by atoms with E-state index < -0.39 is 0 Å². The third-order valence-corrected chi connectivity index (χ3v) is 6.31. The lowest BCUT2D eigenvalue weighted by molar-refractivity contribution is 0.0948. The molecule has 0 unspecified atom stereocenters. The van der Waals surface area contributed by atoms with Crippen molar-refractivity contribution in [3.05, 3.63) is 51.2 Å². The van der Waals surface area contributed by atoms with Gasteiger partial charge in [-0.15, -0.1) is 11.3 Å². The molecular formula is C20H25N3OS2. The second-order valence-electron chi connectivity index (χ2n) is 6.66. The summed E-state index contributed by atoms with van der Waals surface area (Å²) in [5.41, 5.74) is 8.98. The van der Waals surface area contributed by atoms with Crippen molar-refractivity contribution in [1.29, 1.82) is 0 Å². The number of thiocarbonyl (C=S) groups is 1. The molecule has 0 radical (unpaired) electrons. The minimum Gasteiger partial charge on any atom is -0.331 e. The molecule has 3 rings (SSSR count). The van der Waals surface area contributed by atoms with Gasteiger partial charge in [-0.2, -0.15) is 0 Å². The van der Waals surface area contributed by atoms with Crippen molar-refractivity contribution in [1.82, 2.24) is 10.9 Å². The quantitative estimate of drug-likeness (QED) is 0.536. The summed E-state index contributed by atoms with van der Waals surface area (Å²) in [6, 6.07) is 10.1. The van der Waals surface area contributed by atoms with E-state index in [0.29, 0.717) is 5.11 Å². The molecule has 3 N–H and O–H groups in total. The van der Waals surface area contributed by atoms with E-state index in [1.165, 1.54) is 28.8 Å². The van der Waals surface area contributed by atoms with E-state index in [1.54, 1.807) is 11.3 Å². The van der Waals surface area contributed by atoms with Crippen LogP contribution in [0.25, 0.3) is 0 Å². The van der Waals surface area contributed by atoms with Crippen LogP contribution in [-0.4, -0.2) is 11.0 Å². The topological polar surface area (TPSA) is 53.2 Å². The molecule has 1 aromatic carbocycles. The Morgan fingerprint density at radius 2 is 2.12 bits per heavy atom. The van der Waals surface area contributed by atoms with E-state index >= 15 is 0 Å². The molecular weight excluding hydrogens is 362 g/mol. The second kappa shape index (κ2) is 8.64. The smallest absolute Gasteiger partial charge is 0.279 e. The Morgan fingerprint density at radius 3 is 2.88 bits per heavy atom. The molecule has 138 valence electrons. The highest BCUT2D eigenvalue weighted by Crippen LogP contribution is 2.33. The average molecular weight is 388 g/mol. The van der Waals surface area contributed by atoms with E-state index in [2.05, 4.69) is 36.1 Å². The van der Waals surface area contributed by atoms with Crippen molar-refractivity contribution in [2.24, 2.45) is 5.92 Å². The Morgan fingerprint density at radius 1 is 1.27 bits per heavy atom. The zero-order valence-corrected chi connectivity index (χ0v) is 16.9. The fourth-order valence-electron chi connectivity index (χ4n) is 3.27. The molecule has 2 aromatic rings. The monoisotopic (exact) mass is 387 g/mol. The van der Waals surface area contributed by atoms with Gasteiger partial charge in [-0.25, -0.2) is 0 Å². The van der Waals surface area contributed by atoms with Gasteiger partial charge in [0.05, 0.1) is 4.88 Å². The predicted molar refractivity (Wildman–Crippen MR) is 113 cm³/mol. The zero-order valence-electron chi connectivity index (χ0n) is 15.2. The Labute approximate surface area is 164 Å². The number of carbonyl (C=O) groups is 1. The van der Waals surface area contributed by atoms with E-state index in [-0.39, 0.29) is 5.91 Å². The number of aryl methyl sites for hydroxylation is 2. The van der Waals surface area contributed by atoms with Gasteiger partial charge >= 0.3 is 0 Å². The van der Waals surface area contributed by atoms with Gasteiger partial charge in [0.15, 0.2) is 5.11 Å². The van der Waals surface area contributed by atoms with Gasteiger partial charge in [0, 0.05) is 10.6 Å². The number of fused-ring (bicyclic) bond motifs is 1. The van der Waals surface area contributed by atoms with E-state index in [4.69, 9.17) is 12.2 Å². The van der Waals surface area contributed by atoms with Crippen molar-refractivity contribution in [2.75, 3.05) is 5.32 Å². The number of thiophene rings is 1. The van der Waals surface area contributed by atoms with E-state index in [1.807, 2.05) is 24.3 Å². The van der Waals surface area contributed by atoms with Gasteiger partial charge in [0.2, 0.25) is 0 Å². The highest BCUT2D eigenvalue weighted by molar-refractivity contribution is 7.80. The number of rotatable bonds is 4. The molecule has 1 atom stereocenters. The number of hydrogen-bond donors (Lipinski definition) is 3. The number of carbonyl (C=O) groups excluding carboxylic acids is 1. The van der Waals surface area contributed by atoms with Crippen molar-refractivity contribution >= 4 is 40.3 Å². The summed E-state index contributed by atoms with van der Waals surface area (Å²) in [4.78, 5) is 14.5. The first-order valence-corrected chi connectivity index (χ1v) is 10.4. The van der Waals surface area contributed by atoms with Crippen molar-refractivity contribution in [3.63, 3.8) is 0 Å². The van der Waals surface area contributed by atoms with Gasteiger partial charge in [-0.1, -0.05) is 32.4 Å². The molecule has 1 aliphatic rings. The van der Waals surface area contributed by atoms with E-state index in [9.17, 15) is 4.79 Å². The minimum absolute atomic E-state index is 0.135. The summed E-state index contributed by atoms with van der Waals surface area (Å²) in [5.74, 6) is 0.616. The van der Waals surface area contributed by atoms with Crippen molar-refractivity contribution < 1.29 is 4.79 Å². The summed E-state index contributed by atoms with van der Waals surface area (Å²) >= 11 is 6.87. The summed E-state index contributed by atoms with van der Waals surface area (Å²) in [6.07, 6.45) is 5.59. The first kappa shape index (κ1) is 18.9. The molecule has 0 spiro atoms. The second-order valence-corrected chi connectivity index (χ2v) is 8.21. The number of nitrogens with one attached hydrogen (secondary N) is 3. The van der Waals surface area contributed by atoms with Crippen LogP contribution in [0.3, 0.4) is 0 Å². The SMILES string of the molecule is CCc1cccc(NC(=S)NNC(=O)c2cc3c(s2)CC[C@@H](CC)C3)c1. The van der Waals surface area contributed by atoms with Crippen LogP contribution in [0.2, 0.25) is 0 Å². The standard InChI is InChI=1S/C20H25N3OS2/c1-3-13-6-5-7-16(11-13)21-20(25)23-22-19(24)18-12-15-10-14(4-2)8-9-17(15)26-18/h5-7,11-12,14H,3-4,8-10H2,1-2H3,(H,22,24)(H2,21,23,25)/t14-/m1/s1. The highest BCUT2D eigenvalue weighted by atomic mass is 32.1. The number of hydrogen-bond acceptors (Lipinski definition) is 3. The normalized spacial score (nSPS) is 15.8. The molecule has 1 aromatic heterocycles. The average Bonchev–Trinajstić information content (AvgIpc) is 3.09. The number of anilines is 1. The minimum atomic E-state index is -0.135. The molecule has 26 heavy (non-hydrogen) atoms. The van der Waals surface area contributed by atoms with E-state index in [0.717, 1.165) is 35.7 Å². The molecule has 4 nitrogen and oxygen atoms in total. The lowest BCUT2D eigenvalue weighted by atomic mass is 9.87. The third kappa shape index (κ3) is 4.62. The first-order valence-electron chi connectivity index (χ1n) is 9.16. The van der Waals surface area contributed by atoms with Crippen LogP contribution in [0.15, 0.2) is 30.3 Å². The van der Waals surface area contributed by atoms with Crippen molar-refractivity contribution in [2.45, 2.75) is 46.0 Å². The fourth-order valence-corrected chi connectivity index (χ4v) is 4.54. The number of benzene rings is 1. The maximum absolute atomic E-state index is 12.4. The largest absolute Gasteiger partial charge is 0.331 e. The van der Waals surface area contributed by atoms with Gasteiger partial charge in [-0.05, 0) is 73.1 Å². The van der Waals surface area contributed by atoms with Crippen LogP contribution in [0.4, 0.5) is 5.69 Å². The molecule has 1 heterocycles. The van der Waals surface area contributed by atoms with Crippen LogP contribution < -0.4 is 16.2 Å². The predicted octanol–water partition coefficient (Wildman–Crippen LogP) is 4.46. The Hall–Kier alpha value is -1.92. The maximum Gasteiger partial charge on any atom is 0.279 e. The van der Waals surface area contributed by atoms with Gasteiger partial charge < -0.3 is 5.32 Å². The Bertz CT molecular complexity index is 800. The summed E-state index contributed by atoms with van der Waals surface area (Å²) < 4.78 is 0. The van der Waals surface area contributed by atoms with Crippen LogP contribution in [0.5, 0.6) is 0 Å². The third-order valence-electron chi connectivity index (χ3n) is 4.87. The van der Waals surface area contributed by atoms with Gasteiger partial charge in [0.25, 0.3) is 5.91 Å². The Kier molecular flexibility index (Phi) is 6.27. The van der Waals surface area contributed by atoms with Gasteiger partial charge in [-0.3, -0.25) is 15.6 Å². The fraction of sp³-hybridized carbons (Fsp3) is 0.400. The lowest BCUT2D eigenvalue weighted by Gasteiger charge is -2.19. The van der Waals surface area contributed by atoms with Crippen LogP contribution in [-0.2, 0) is 19.3 Å².